The zero-order chi connectivity index (χ0) is 13.1. The largest absolute Gasteiger partial charge is 0.389 e. The Morgan fingerprint density at radius 2 is 2.12 bits per heavy atom. The molecule has 0 saturated carbocycles. The maximum atomic E-state index is 10.2. The normalized spacial score (nSPS) is 15.2. The zero-order valence-electron chi connectivity index (χ0n) is 11.0. The summed E-state index contributed by atoms with van der Waals surface area (Å²) in [6.45, 7) is 9.05. The highest BCUT2D eigenvalue weighted by molar-refractivity contribution is 7.99. The molecule has 0 spiro atoms. The van der Waals surface area contributed by atoms with Crippen molar-refractivity contribution in [3.8, 4) is 0 Å². The SMILES string of the molecule is Cc1nnc(SCC(C)(O)C(C)C)n1CCN. The minimum Gasteiger partial charge on any atom is -0.389 e. The fourth-order valence-corrected chi connectivity index (χ4v) is 2.46. The van der Waals surface area contributed by atoms with Gasteiger partial charge in [0.25, 0.3) is 0 Å². The summed E-state index contributed by atoms with van der Waals surface area (Å²) in [6.07, 6.45) is 0. The van der Waals surface area contributed by atoms with E-state index < -0.39 is 5.60 Å². The van der Waals surface area contributed by atoms with Crippen LogP contribution in [0.2, 0.25) is 0 Å². The number of aromatic nitrogens is 3. The van der Waals surface area contributed by atoms with Gasteiger partial charge in [-0.05, 0) is 19.8 Å². The molecule has 0 amide bonds. The highest BCUT2D eigenvalue weighted by atomic mass is 32.2. The smallest absolute Gasteiger partial charge is 0.191 e. The molecule has 1 heterocycles. The average molecular weight is 258 g/mol. The first-order valence-electron chi connectivity index (χ1n) is 5.83. The second kappa shape index (κ2) is 5.84. The van der Waals surface area contributed by atoms with Crippen molar-refractivity contribution in [2.24, 2.45) is 11.7 Å². The van der Waals surface area contributed by atoms with Crippen LogP contribution in [0, 0.1) is 12.8 Å². The molecule has 98 valence electrons. The number of thioether (sulfide) groups is 1. The Hall–Kier alpha value is -0.590. The summed E-state index contributed by atoms with van der Waals surface area (Å²) in [7, 11) is 0. The van der Waals surface area contributed by atoms with Crippen molar-refractivity contribution < 1.29 is 5.11 Å². The van der Waals surface area contributed by atoms with Crippen LogP contribution < -0.4 is 5.73 Å². The molecular weight excluding hydrogens is 236 g/mol. The topological polar surface area (TPSA) is 77.0 Å². The van der Waals surface area contributed by atoms with E-state index in [0.29, 0.717) is 18.8 Å². The molecule has 1 aromatic heterocycles. The molecule has 3 N–H and O–H groups in total. The maximum absolute atomic E-state index is 10.2. The van der Waals surface area contributed by atoms with Crippen LogP contribution in [-0.2, 0) is 6.54 Å². The van der Waals surface area contributed by atoms with E-state index in [1.165, 1.54) is 11.8 Å². The van der Waals surface area contributed by atoms with Gasteiger partial charge in [0.1, 0.15) is 5.82 Å². The van der Waals surface area contributed by atoms with Crippen LogP contribution in [0.1, 0.15) is 26.6 Å². The highest BCUT2D eigenvalue weighted by Gasteiger charge is 2.26. The van der Waals surface area contributed by atoms with Gasteiger partial charge in [0.2, 0.25) is 0 Å². The van der Waals surface area contributed by atoms with Gasteiger partial charge >= 0.3 is 0 Å². The number of hydrogen-bond acceptors (Lipinski definition) is 5. The molecule has 0 saturated heterocycles. The summed E-state index contributed by atoms with van der Waals surface area (Å²) in [4.78, 5) is 0. The minimum atomic E-state index is -0.696. The van der Waals surface area contributed by atoms with Crippen LogP contribution in [0.4, 0.5) is 0 Å². The number of aryl methyl sites for hydroxylation is 1. The van der Waals surface area contributed by atoms with Crippen LogP contribution >= 0.6 is 11.8 Å². The number of rotatable bonds is 6. The summed E-state index contributed by atoms with van der Waals surface area (Å²) in [5.41, 5.74) is 4.86. The van der Waals surface area contributed by atoms with Crippen molar-refractivity contribution in [3.63, 3.8) is 0 Å². The van der Waals surface area contributed by atoms with E-state index in [-0.39, 0.29) is 5.92 Å². The quantitative estimate of drug-likeness (QED) is 0.746. The summed E-state index contributed by atoms with van der Waals surface area (Å²) in [5.74, 6) is 1.68. The van der Waals surface area contributed by atoms with Crippen LogP contribution in [0.3, 0.4) is 0 Å². The van der Waals surface area contributed by atoms with Crippen molar-refractivity contribution in [1.82, 2.24) is 14.8 Å². The molecule has 0 aliphatic rings. The molecule has 0 aliphatic carbocycles. The van der Waals surface area contributed by atoms with Crippen molar-refractivity contribution in [3.05, 3.63) is 5.82 Å². The lowest BCUT2D eigenvalue weighted by Gasteiger charge is -2.26. The third-order valence-corrected chi connectivity index (χ3v) is 4.28. The van der Waals surface area contributed by atoms with Gasteiger partial charge < -0.3 is 15.4 Å². The zero-order valence-corrected chi connectivity index (χ0v) is 11.8. The van der Waals surface area contributed by atoms with Gasteiger partial charge in [0, 0.05) is 18.8 Å². The van der Waals surface area contributed by atoms with Gasteiger partial charge in [-0.1, -0.05) is 25.6 Å². The van der Waals surface area contributed by atoms with E-state index in [2.05, 4.69) is 10.2 Å². The van der Waals surface area contributed by atoms with Crippen molar-refractivity contribution in [2.75, 3.05) is 12.3 Å². The van der Waals surface area contributed by atoms with Gasteiger partial charge in [0.15, 0.2) is 5.16 Å². The molecular formula is C11H22N4OS. The van der Waals surface area contributed by atoms with Gasteiger partial charge in [-0.3, -0.25) is 0 Å². The molecule has 5 nitrogen and oxygen atoms in total. The van der Waals surface area contributed by atoms with Crippen LogP contribution in [0.15, 0.2) is 5.16 Å². The van der Waals surface area contributed by atoms with Crippen molar-refractivity contribution in [1.29, 1.82) is 0 Å². The fraction of sp³-hybridized carbons (Fsp3) is 0.818. The molecule has 0 aromatic carbocycles. The molecule has 17 heavy (non-hydrogen) atoms. The number of aliphatic hydroxyl groups is 1. The summed E-state index contributed by atoms with van der Waals surface area (Å²) in [5, 5.41) is 19.1. The van der Waals surface area contributed by atoms with Crippen LogP contribution in [-0.4, -0.2) is 37.8 Å². The Balaban J connectivity index is 2.69. The Morgan fingerprint density at radius 1 is 1.47 bits per heavy atom. The van der Waals surface area contributed by atoms with Gasteiger partial charge in [-0.25, -0.2) is 0 Å². The second-order valence-corrected chi connectivity index (χ2v) is 5.71. The molecule has 1 rings (SSSR count). The predicted octanol–water partition coefficient (Wildman–Crippen LogP) is 1.04. The Kier molecular flexibility index (Phi) is 4.97. The lowest BCUT2D eigenvalue weighted by atomic mass is 9.95. The summed E-state index contributed by atoms with van der Waals surface area (Å²) in [6, 6.07) is 0. The third-order valence-electron chi connectivity index (χ3n) is 2.99. The Bertz CT molecular complexity index is 362. The molecule has 6 heteroatoms. The monoisotopic (exact) mass is 258 g/mol. The molecule has 1 aromatic rings. The molecule has 1 atom stereocenters. The van der Waals surface area contributed by atoms with Crippen molar-refractivity contribution >= 4 is 11.8 Å². The summed E-state index contributed by atoms with van der Waals surface area (Å²) < 4.78 is 1.99. The molecule has 0 radical (unpaired) electrons. The second-order valence-electron chi connectivity index (χ2n) is 4.77. The summed E-state index contributed by atoms with van der Waals surface area (Å²) >= 11 is 1.53. The Labute approximate surface area is 107 Å². The molecule has 0 bridgehead atoms. The van der Waals surface area contributed by atoms with Crippen molar-refractivity contribution in [2.45, 2.75) is 45.0 Å². The van der Waals surface area contributed by atoms with Crippen LogP contribution in [0.25, 0.3) is 0 Å². The van der Waals surface area contributed by atoms with E-state index >= 15 is 0 Å². The van der Waals surface area contributed by atoms with Gasteiger partial charge in [0.05, 0.1) is 5.60 Å². The lowest BCUT2D eigenvalue weighted by molar-refractivity contribution is 0.0376. The first kappa shape index (κ1) is 14.5. The van der Waals surface area contributed by atoms with E-state index in [1.807, 2.05) is 32.3 Å². The number of nitrogens with zero attached hydrogens (tertiary/aromatic N) is 3. The molecule has 1 unspecified atom stereocenters. The highest BCUT2D eigenvalue weighted by Crippen LogP contribution is 2.26. The first-order chi connectivity index (χ1) is 7.88. The van der Waals surface area contributed by atoms with Crippen LogP contribution in [0.5, 0.6) is 0 Å². The number of hydrogen-bond donors (Lipinski definition) is 2. The molecule has 0 fully saturated rings. The Morgan fingerprint density at radius 3 is 2.65 bits per heavy atom. The minimum absolute atomic E-state index is 0.210. The van der Waals surface area contributed by atoms with E-state index in [4.69, 9.17) is 5.73 Å². The average Bonchev–Trinajstić information content (AvgIpc) is 2.58. The fourth-order valence-electron chi connectivity index (χ4n) is 1.23. The van der Waals surface area contributed by atoms with Gasteiger partial charge in [-0.2, -0.15) is 0 Å². The number of nitrogens with two attached hydrogens (primary N) is 1. The first-order valence-corrected chi connectivity index (χ1v) is 6.82. The third kappa shape index (κ3) is 3.69. The van der Waals surface area contributed by atoms with E-state index in [9.17, 15) is 5.11 Å². The maximum Gasteiger partial charge on any atom is 0.191 e. The van der Waals surface area contributed by atoms with E-state index in [1.54, 1.807) is 0 Å². The van der Waals surface area contributed by atoms with Gasteiger partial charge in [-0.15, -0.1) is 10.2 Å². The predicted molar refractivity (Wildman–Crippen MR) is 70.0 cm³/mol. The standard InChI is InChI=1S/C11H22N4OS/c1-8(2)11(4,16)7-17-10-14-13-9(3)15(10)6-5-12/h8,16H,5-7,12H2,1-4H3. The lowest BCUT2D eigenvalue weighted by Crippen LogP contribution is -2.34. The van der Waals surface area contributed by atoms with E-state index in [0.717, 1.165) is 11.0 Å². The molecule has 0 aliphatic heterocycles.